The fourth-order valence-corrected chi connectivity index (χ4v) is 4.89. The van der Waals surface area contributed by atoms with Crippen LogP contribution in [0.25, 0.3) is 28.0 Å². The van der Waals surface area contributed by atoms with Gasteiger partial charge in [-0.25, -0.2) is 0 Å². The van der Waals surface area contributed by atoms with Crippen LogP contribution >= 0.6 is 0 Å². The molecule has 0 saturated heterocycles. The van der Waals surface area contributed by atoms with Crippen molar-refractivity contribution in [1.29, 1.82) is 0 Å². The van der Waals surface area contributed by atoms with Gasteiger partial charge in [0, 0.05) is 11.1 Å². The summed E-state index contributed by atoms with van der Waals surface area (Å²) in [5.41, 5.74) is 7.11. The van der Waals surface area contributed by atoms with Gasteiger partial charge in [0.25, 0.3) is 10.1 Å². The summed E-state index contributed by atoms with van der Waals surface area (Å²) in [5.74, 6) is 0. The minimum Gasteiger partial charge on any atom is -0.410 e. The van der Waals surface area contributed by atoms with E-state index in [1.54, 1.807) is 18.2 Å². The van der Waals surface area contributed by atoms with Crippen LogP contribution in [0.5, 0.6) is 0 Å². The normalized spacial score (nSPS) is 15.3. The molecule has 2 aliphatic carbocycles. The van der Waals surface area contributed by atoms with Crippen LogP contribution in [0.4, 0.5) is 0 Å². The number of rotatable bonds is 2. The molecule has 4 aromatic carbocycles. The van der Waals surface area contributed by atoms with Gasteiger partial charge in [-0.05, 0) is 51.2 Å². The molecule has 0 spiro atoms. The number of nitrogens with zero attached hydrogens (tertiary/aromatic N) is 1. The molecule has 5 nitrogen and oxygen atoms in total. The predicted octanol–water partition coefficient (Wildman–Crippen LogP) is 6.48. The van der Waals surface area contributed by atoms with E-state index in [9.17, 15) is 13.6 Å². The van der Waals surface area contributed by atoms with Crippen LogP contribution in [0.15, 0.2) is 125 Å². The summed E-state index contributed by atoms with van der Waals surface area (Å²) in [6.07, 6.45) is 6.30. The Hall–Kier alpha value is -4.26. The molecule has 172 valence electrons. The van der Waals surface area contributed by atoms with Crippen molar-refractivity contribution in [1.82, 2.24) is 0 Å². The quantitative estimate of drug-likeness (QED) is 0.196. The van der Waals surface area contributed by atoms with Gasteiger partial charge in [0.2, 0.25) is 0 Å². The zero-order chi connectivity index (χ0) is 24.4. The highest BCUT2D eigenvalue weighted by Crippen LogP contribution is 2.42. The van der Waals surface area contributed by atoms with Crippen LogP contribution in [-0.2, 0) is 10.1 Å². The Morgan fingerprint density at radius 3 is 2.00 bits per heavy atom. The van der Waals surface area contributed by atoms with E-state index in [0.717, 1.165) is 33.2 Å². The monoisotopic (exact) mass is 479 g/mol. The van der Waals surface area contributed by atoms with Crippen LogP contribution in [-0.4, -0.2) is 23.9 Å². The third kappa shape index (κ3) is 4.33. The maximum Gasteiger partial charge on any atom is 0.294 e. The Morgan fingerprint density at radius 2 is 1.26 bits per heavy atom. The third-order valence-corrected chi connectivity index (χ3v) is 6.86. The fraction of sp³-hybridized carbons (Fsp3) is 0. The molecule has 0 fully saturated rings. The Morgan fingerprint density at radius 1 is 0.629 bits per heavy atom. The number of benzene rings is 4. The molecule has 4 aromatic rings. The highest BCUT2D eigenvalue weighted by molar-refractivity contribution is 7.85. The molecule has 0 saturated carbocycles. The smallest absolute Gasteiger partial charge is 0.294 e. The van der Waals surface area contributed by atoms with Gasteiger partial charge in [-0.2, -0.15) is 8.42 Å². The first-order valence-corrected chi connectivity index (χ1v) is 12.4. The number of allylic oxidation sites excluding steroid dienone is 5. The molecule has 0 unspecified atom stereocenters. The van der Waals surface area contributed by atoms with Gasteiger partial charge in [-0.3, -0.25) is 4.55 Å². The maximum atomic E-state index is 10.4. The molecule has 0 bridgehead atoms. The second kappa shape index (κ2) is 9.18. The van der Waals surface area contributed by atoms with Gasteiger partial charge in [0.05, 0.1) is 4.90 Å². The molecule has 0 heterocycles. The standard InChI is InChI=1S/C23H15NO.C6H6O3S/c25-24-23-21(19-11-5-8-15-6-1-3-9-17(15)19)13-12-20-18-10-4-2-7-16(18)14-22(20)23;7-10(8,9)6-4-2-1-3-5-6/h1-14,25H;1-5H,(H,7,8,9). The minimum absolute atomic E-state index is 0.0741. The number of hydrogen-bond acceptors (Lipinski definition) is 4. The van der Waals surface area contributed by atoms with Gasteiger partial charge in [-0.1, -0.05) is 102 Å². The Balaban J connectivity index is 0.000000214. The van der Waals surface area contributed by atoms with Crippen molar-refractivity contribution in [3.8, 4) is 0 Å². The lowest BCUT2D eigenvalue weighted by molar-refractivity contribution is 0.320. The number of oxime groups is 1. The average molecular weight is 480 g/mol. The van der Waals surface area contributed by atoms with Crippen molar-refractivity contribution in [3.05, 3.63) is 131 Å². The van der Waals surface area contributed by atoms with Gasteiger partial charge in [0.15, 0.2) is 0 Å². The third-order valence-electron chi connectivity index (χ3n) is 5.99. The number of fused-ring (bicyclic) bond motifs is 4. The van der Waals surface area contributed by atoms with Crippen LogP contribution in [0, 0.1) is 0 Å². The van der Waals surface area contributed by atoms with Gasteiger partial charge >= 0.3 is 0 Å². The number of hydrogen-bond donors (Lipinski definition) is 2. The molecule has 0 amide bonds. The molecule has 2 aliphatic rings. The van der Waals surface area contributed by atoms with Crippen LogP contribution in [0.2, 0.25) is 0 Å². The molecule has 0 atom stereocenters. The second-order valence-electron chi connectivity index (χ2n) is 8.07. The predicted molar refractivity (Wildman–Crippen MR) is 140 cm³/mol. The average Bonchev–Trinajstić information content (AvgIpc) is 3.27. The highest BCUT2D eigenvalue weighted by Gasteiger charge is 2.28. The van der Waals surface area contributed by atoms with Crippen molar-refractivity contribution in [2.45, 2.75) is 4.90 Å². The molecule has 35 heavy (non-hydrogen) atoms. The molecule has 0 aliphatic heterocycles. The first-order valence-electron chi connectivity index (χ1n) is 10.9. The molecule has 6 heteroatoms. The molecular weight excluding hydrogens is 458 g/mol. The molecule has 2 N–H and O–H groups in total. The lowest BCUT2D eigenvalue weighted by Crippen LogP contribution is -2.09. The summed E-state index contributed by atoms with van der Waals surface area (Å²) in [5, 5.41) is 15.8. The summed E-state index contributed by atoms with van der Waals surface area (Å²) >= 11 is 0. The Kier molecular flexibility index (Phi) is 5.91. The minimum atomic E-state index is -4.00. The summed E-state index contributed by atoms with van der Waals surface area (Å²) in [6, 6.07) is 30.2. The van der Waals surface area contributed by atoms with E-state index in [1.165, 1.54) is 23.1 Å². The van der Waals surface area contributed by atoms with E-state index in [4.69, 9.17) is 4.55 Å². The first-order chi connectivity index (χ1) is 17.0. The van der Waals surface area contributed by atoms with E-state index in [-0.39, 0.29) is 4.90 Å². The highest BCUT2D eigenvalue weighted by atomic mass is 32.2. The van der Waals surface area contributed by atoms with Crippen molar-refractivity contribution < 1.29 is 18.2 Å². The zero-order valence-electron chi connectivity index (χ0n) is 18.5. The van der Waals surface area contributed by atoms with E-state index in [0.29, 0.717) is 5.71 Å². The van der Waals surface area contributed by atoms with Crippen molar-refractivity contribution in [2.24, 2.45) is 5.16 Å². The van der Waals surface area contributed by atoms with Crippen molar-refractivity contribution in [3.63, 3.8) is 0 Å². The lowest BCUT2D eigenvalue weighted by Gasteiger charge is -2.18. The zero-order valence-corrected chi connectivity index (χ0v) is 19.4. The van der Waals surface area contributed by atoms with E-state index in [1.807, 2.05) is 30.3 Å². The fourth-order valence-electron chi connectivity index (χ4n) is 4.39. The summed E-state index contributed by atoms with van der Waals surface area (Å²) in [4.78, 5) is -0.0741. The molecule has 6 rings (SSSR count). The molecule has 0 aromatic heterocycles. The van der Waals surface area contributed by atoms with Gasteiger partial charge in [0.1, 0.15) is 5.71 Å². The lowest BCUT2D eigenvalue weighted by atomic mass is 9.85. The van der Waals surface area contributed by atoms with Crippen LogP contribution < -0.4 is 0 Å². The second-order valence-corrected chi connectivity index (χ2v) is 9.49. The van der Waals surface area contributed by atoms with E-state index < -0.39 is 10.1 Å². The summed E-state index contributed by atoms with van der Waals surface area (Å²) in [7, 11) is -4.00. The van der Waals surface area contributed by atoms with Crippen LogP contribution in [0.3, 0.4) is 0 Å². The Bertz CT molecular complexity index is 1660. The largest absolute Gasteiger partial charge is 0.410 e. The maximum absolute atomic E-state index is 10.4. The summed E-state index contributed by atoms with van der Waals surface area (Å²) in [6.45, 7) is 0. The molecule has 0 radical (unpaired) electrons. The van der Waals surface area contributed by atoms with E-state index in [2.05, 4.69) is 59.8 Å². The Labute approximate surface area is 203 Å². The van der Waals surface area contributed by atoms with Gasteiger partial charge in [-0.15, -0.1) is 0 Å². The topological polar surface area (TPSA) is 87.0 Å². The summed E-state index contributed by atoms with van der Waals surface area (Å²) < 4.78 is 29.2. The van der Waals surface area contributed by atoms with Crippen molar-refractivity contribution in [2.75, 3.05) is 0 Å². The van der Waals surface area contributed by atoms with Crippen molar-refractivity contribution >= 4 is 43.8 Å². The van der Waals surface area contributed by atoms with Crippen LogP contribution in [0.1, 0.15) is 16.7 Å². The molecular formula is C29H21NO4S. The SMILES string of the molecule is O=S(=O)(O)c1ccccc1.ON=C1C2=Cc3ccccc3C2=CC=C1c1cccc2ccccc12. The first kappa shape index (κ1) is 22.5. The van der Waals surface area contributed by atoms with Gasteiger partial charge < -0.3 is 5.21 Å². The van der Waals surface area contributed by atoms with E-state index >= 15 is 0 Å².